The minimum atomic E-state index is 0.798. The van der Waals surface area contributed by atoms with E-state index in [2.05, 4.69) is 37.8 Å². The summed E-state index contributed by atoms with van der Waals surface area (Å²) in [7, 11) is 0. The van der Waals surface area contributed by atoms with E-state index in [-0.39, 0.29) is 0 Å². The van der Waals surface area contributed by atoms with Crippen LogP contribution in [0.5, 0.6) is 0 Å². The maximum absolute atomic E-state index is 3.65. The average Bonchev–Trinajstić information content (AvgIpc) is 2.45. The van der Waals surface area contributed by atoms with Gasteiger partial charge < -0.3 is 5.32 Å². The van der Waals surface area contributed by atoms with E-state index in [1.807, 2.05) is 0 Å². The largest absolute Gasteiger partial charge is 0.313 e. The number of rotatable bonds is 5. The molecule has 1 heterocycles. The van der Waals surface area contributed by atoms with Crippen molar-refractivity contribution in [2.24, 2.45) is 5.92 Å². The lowest BCUT2D eigenvalue weighted by Crippen LogP contribution is -2.30. The van der Waals surface area contributed by atoms with Crippen LogP contribution in [0.25, 0.3) is 0 Å². The Balaban J connectivity index is 1.94. The first kappa shape index (κ1) is 11.4. The SMILES string of the molecule is CC(C)CCCNC1CSC(C)C1. The summed E-state index contributed by atoms with van der Waals surface area (Å²) in [5.41, 5.74) is 0. The molecule has 0 saturated carbocycles. The fourth-order valence-electron chi connectivity index (χ4n) is 1.78. The second-order valence-corrected chi connectivity index (χ2v) is 6.04. The van der Waals surface area contributed by atoms with Crippen LogP contribution in [0.15, 0.2) is 0 Å². The molecule has 1 aliphatic heterocycles. The van der Waals surface area contributed by atoms with Gasteiger partial charge in [0.05, 0.1) is 0 Å². The Morgan fingerprint density at radius 3 is 2.77 bits per heavy atom. The Morgan fingerprint density at radius 2 is 2.23 bits per heavy atom. The van der Waals surface area contributed by atoms with Crippen molar-refractivity contribution in [1.82, 2.24) is 5.32 Å². The predicted octanol–water partition coefficient (Wildman–Crippen LogP) is 2.91. The molecule has 0 aliphatic carbocycles. The molecule has 0 bridgehead atoms. The zero-order chi connectivity index (χ0) is 9.68. The summed E-state index contributed by atoms with van der Waals surface area (Å²) in [5.74, 6) is 2.18. The Bertz CT molecular complexity index is 136. The van der Waals surface area contributed by atoms with Crippen LogP contribution >= 0.6 is 11.8 Å². The number of hydrogen-bond acceptors (Lipinski definition) is 2. The smallest absolute Gasteiger partial charge is 0.0168 e. The van der Waals surface area contributed by atoms with Crippen molar-refractivity contribution in [3.8, 4) is 0 Å². The monoisotopic (exact) mass is 201 g/mol. The molecule has 0 aromatic rings. The summed E-state index contributed by atoms with van der Waals surface area (Å²) in [5, 5.41) is 4.52. The molecule has 1 nitrogen and oxygen atoms in total. The van der Waals surface area contributed by atoms with Crippen molar-refractivity contribution in [3.05, 3.63) is 0 Å². The van der Waals surface area contributed by atoms with Crippen LogP contribution in [0, 0.1) is 5.92 Å². The third kappa shape index (κ3) is 4.92. The van der Waals surface area contributed by atoms with Crippen LogP contribution < -0.4 is 5.32 Å². The molecule has 1 rings (SSSR count). The van der Waals surface area contributed by atoms with Gasteiger partial charge in [-0.1, -0.05) is 20.8 Å². The van der Waals surface area contributed by atoms with Crippen LogP contribution in [0.4, 0.5) is 0 Å². The molecule has 1 fully saturated rings. The second kappa shape index (κ2) is 5.92. The van der Waals surface area contributed by atoms with Crippen LogP contribution in [0.2, 0.25) is 0 Å². The first-order chi connectivity index (χ1) is 6.18. The lowest BCUT2D eigenvalue weighted by atomic mass is 10.1. The summed E-state index contributed by atoms with van der Waals surface area (Å²) in [6.45, 7) is 8.15. The summed E-state index contributed by atoms with van der Waals surface area (Å²) in [4.78, 5) is 0. The van der Waals surface area contributed by atoms with E-state index in [0.29, 0.717) is 0 Å². The Kier molecular flexibility index (Phi) is 5.18. The number of nitrogens with one attached hydrogen (secondary N) is 1. The van der Waals surface area contributed by atoms with Crippen molar-refractivity contribution < 1.29 is 0 Å². The van der Waals surface area contributed by atoms with Gasteiger partial charge >= 0.3 is 0 Å². The summed E-state index contributed by atoms with van der Waals surface area (Å²) >= 11 is 2.11. The molecule has 0 amide bonds. The second-order valence-electron chi connectivity index (χ2n) is 4.57. The topological polar surface area (TPSA) is 12.0 Å². The molecule has 1 saturated heterocycles. The van der Waals surface area contributed by atoms with Crippen molar-refractivity contribution in [3.63, 3.8) is 0 Å². The maximum Gasteiger partial charge on any atom is 0.0168 e. The molecule has 13 heavy (non-hydrogen) atoms. The molecular formula is C11H23NS. The van der Waals surface area contributed by atoms with Gasteiger partial charge in [0.1, 0.15) is 0 Å². The molecular weight excluding hydrogens is 178 g/mol. The average molecular weight is 201 g/mol. The lowest BCUT2D eigenvalue weighted by Gasteiger charge is -2.11. The Labute approximate surface area is 87.1 Å². The highest BCUT2D eigenvalue weighted by molar-refractivity contribution is 8.00. The molecule has 0 aromatic heterocycles. The highest BCUT2D eigenvalue weighted by atomic mass is 32.2. The zero-order valence-electron chi connectivity index (χ0n) is 9.18. The van der Waals surface area contributed by atoms with E-state index in [0.717, 1.165) is 17.2 Å². The van der Waals surface area contributed by atoms with E-state index in [9.17, 15) is 0 Å². The van der Waals surface area contributed by atoms with Crippen LogP contribution in [-0.4, -0.2) is 23.6 Å². The minimum Gasteiger partial charge on any atom is -0.313 e. The highest BCUT2D eigenvalue weighted by Crippen LogP contribution is 2.25. The van der Waals surface area contributed by atoms with Gasteiger partial charge in [0, 0.05) is 17.0 Å². The quantitative estimate of drug-likeness (QED) is 0.686. The zero-order valence-corrected chi connectivity index (χ0v) is 9.99. The van der Waals surface area contributed by atoms with Gasteiger partial charge in [-0.05, 0) is 31.7 Å². The van der Waals surface area contributed by atoms with Crippen molar-refractivity contribution in [1.29, 1.82) is 0 Å². The first-order valence-corrected chi connectivity index (χ1v) is 6.58. The van der Waals surface area contributed by atoms with Crippen LogP contribution in [-0.2, 0) is 0 Å². The van der Waals surface area contributed by atoms with E-state index in [1.165, 1.54) is 31.6 Å². The Morgan fingerprint density at radius 1 is 1.46 bits per heavy atom. The number of thioether (sulfide) groups is 1. The van der Waals surface area contributed by atoms with Gasteiger partial charge in [0.2, 0.25) is 0 Å². The summed E-state index contributed by atoms with van der Waals surface area (Å²) in [6, 6.07) is 0.798. The molecule has 0 radical (unpaired) electrons. The third-order valence-electron chi connectivity index (χ3n) is 2.59. The van der Waals surface area contributed by atoms with Crippen molar-refractivity contribution in [2.45, 2.75) is 51.3 Å². The van der Waals surface area contributed by atoms with Gasteiger partial charge in [-0.3, -0.25) is 0 Å². The van der Waals surface area contributed by atoms with Gasteiger partial charge in [-0.2, -0.15) is 11.8 Å². The van der Waals surface area contributed by atoms with E-state index in [4.69, 9.17) is 0 Å². The molecule has 1 aliphatic rings. The summed E-state index contributed by atoms with van der Waals surface area (Å²) in [6.07, 6.45) is 4.07. The van der Waals surface area contributed by atoms with Crippen molar-refractivity contribution >= 4 is 11.8 Å². The fourth-order valence-corrected chi connectivity index (χ4v) is 2.96. The van der Waals surface area contributed by atoms with Gasteiger partial charge in [0.15, 0.2) is 0 Å². The molecule has 78 valence electrons. The van der Waals surface area contributed by atoms with E-state index >= 15 is 0 Å². The molecule has 0 spiro atoms. The molecule has 1 N–H and O–H groups in total. The normalized spacial score (nSPS) is 28.6. The van der Waals surface area contributed by atoms with E-state index in [1.54, 1.807) is 0 Å². The first-order valence-electron chi connectivity index (χ1n) is 5.53. The van der Waals surface area contributed by atoms with Gasteiger partial charge in [-0.15, -0.1) is 0 Å². The van der Waals surface area contributed by atoms with Gasteiger partial charge in [0.25, 0.3) is 0 Å². The van der Waals surface area contributed by atoms with Crippen LogP contribution in [0.3, 0.4) is 0 Å². The molecule has 2 heteroatoms. The molecule has 2 atom stereocenters. The maximum atomic E-state index is 3.65. The summed E-state index contributed by atoms with van der Waals surface area (Å²) < 4.78 is 0. The predicted molar refractivity (Wildman–Crippen MR) is 62.4 cm³/mol. The minimum absolute atomic E-state index is 0.798. The fraction of sp³-hybridized carbons (Fsp3) is 1.00. The Hall–Kier alpha value is 0.310. The highest BCUT2D eigenvalue weighted by Gasteiger charge is 2.20. The number of hydrogen-bond donors (Lipinski definition) is 1. The lowest BCUT2D eigenvalue weighted by molar-refractivity contribution is 0.485. The van der Waals surface area contributed by atoms with Crippen LogP contribution in [0.1, 0.15) is 40.0 Å². The molecule has 2 unspecified atom stereocenters. The molecule has 0 aromatic carbocycles. The third-order valence-corrected chi connectivity index (χ3v) is 3.95. The standard InChI is InChI=1S/C11H23NS/c1-9(2)5-4-6-12-11-7-10(3)13-8-11/h9-12H,4-8H2,1-3H3. The van der Waals surface area contributed by atoms with Crippen molar-refractivity contribution in [2.75, 3.05) is 12.3 Å². The van der Waals surface area contributed by atoms with Gasteiger partial charge in [-0.25, -0.2) is 0 Å². The van der Waals surface area contributed by atoms with E-state index < -0.39 is 0 Å².